The van der Waals surface area contributed by atoms with E-state index in [-0.39, 0.29) is 33.4 Å². The summed E-state index contributed by atoms with van der Waals surface area (Å²) in [4.78, 5) is 15.9. The summed E-state index contributed by atoms with van der Waals surface area (Å²) in [6.45, 7) is 3.85. The molecule has 0 bridgehead atoms. The van der Waals surface area contributed by atoms with Crippen LogP contribution in [0.4, 0.5) is 0 Å². The number of nitrogens with zero attached hydrogens (tertiary/aromatic N) is 1. The number of hydrogen-bond donors (Lipinski definition) is 2. The first-order valence-corrected chi connectivity index (χ1v) is 6.91. The van der Waals surface area contributed by atoms with Gasteiger partial charge in [0.25, 0.3) is 5.91 Å². The molecule has 1 atom stereocenters. The monoisotopic (exact) mass is 324 g/mol. The van der Waals surface area contributed by atoms with E-state index in [1.165, 1.54) is 6.20 Å². The molecule has 106 valence electrons. The Balaban J connectivity index is 2.86. The van der Waals surface area contributed by atoms with Gasteiger partial charge in [0.15, 0.2) is 0 Å². The van der Waals surface area contributed by atoms with Gasteiger partial charge in [0.2, 0.25) is 0 Å². The Morgan fingerprint density at radius 3 is 2.53 bits per heavy atom. The quantitative estimate of drug-likeness (QED) is 0.874. The maximum absolute atomic E-state index is 12.0. The number of hydrogen-bond acceptors (Lipinski definition) is 3. The number of aliphatic hydroxyl groups excluding tert-OH is 1. The van der Waals surface area contributed by atoms with E-state index < -0.39 is 5.91 Å². The number of aromatic nitrogens is 1. The SMILES string of the molecule is CC(C)CC(CO)NC(=O)c1ncc(Cl)c(Cl)c1Cl. The van der Waals surface area contributed by atoms with Gasteiger partial charge in [-0.25, -0.2) is 4.98 Å². The molecule has 4 nitrogen and oxygen atoms in total. The molecule has 1 aromatic rings. The van der Waals surface area contributed by atoms with Gasteiger partial charge in [-0.2, -0.15) is 0 Å². The standard InChI is InChI=1S/C12H15Cl3N2O2/c1-6(2)3-7(5-18)17-12(19)11-10(15)9(14)8(13)4-16-11/h4,6-7,18H,3,5H2,1-2H3,(H,17,19). The van der Waals surface area contributed by atoms with Crippen molar-refractivity contribution in [2.45, 2.75) is 26.3 Å². The zero-order valence-electron chi connectivity index (χ0n) is 10.6. The summed E-state index contributed by atoms with van der Waals surface area (Å²) < 4.78 is 0. The largest absolute Gasteiger partial charge is 0.394 e. The molecule has 0 radical (unpaired) electrons. The number of rotatable bonds is 5. The molecule has 19 heavy (non-hydrogen) atoms. The molecule has 1 heterocycles. The fourth-order valence-electron chi connectivity index (χ4n) is 1.60. The second-order valence-corrected chi connectivity index (χ2v) is 5.73. The van der Waals surface area contributed by atoms with E-state index in [1.54, 1.807) is 0 Å². The highest BCUT2D eigenvalue weighted by Crippen LogP contribution is 2.31. The number of amides is 1. The Bertz CT molecular complexity index is 467. The zero-order valence-corrected chi connectivity index (χ0v) is 12.9. The van der Waals surface area contributed by atoms with Crippen LogP contribution in [0.2, 0.25) is 15.1 Å². The third kappa shape index (κ3) is 4.49. The minimum Gasteiger partial charge on any atom is -0.394 e. The Kier molecular flexibility index (Phi) is 6.33. The molecule has 2 N–H and O–H groups in total. The van der Waals surface area contributed by atoms with Crippen LogP contribution < -0.4 is 5.32 Å². The summed E-state index contributed by atoms with van der Waals surface area (Å²) in [5, 5.41) is 12.2. The summed E-state index contributed by atoms with van der Waals surface area (Å²) in [7, 11) is 0. The lowest BCUT2D eigenvalue weighted by molar-refractivity contribution is 0.0903. The van der Waals surface area contributed by atoms with Crippen molar-refractivity contribution in [2.24, 2.45) is 5.92 Å². The second kappa shape index (κ2) is 7.29. The molecule has 0 aliphatic rings. The van der Waals surface area contributed by atoms with Gasteiger partial charge >= 0.3 is 0 Å². The van der Waals surface area contributed by atoms with Crippen LogP contribution in [0.1, 0.15) is 30.8 Å². The molecule has 1 aromatic heterocycles. The molecule has 0 fully saturated rings. The van der Waals surface area contributed by atoms with E-state index in [2.05, 4.69) is 10.3 Å². The van der Waals surface area contributed by atoms with Gasteiger partial charge in [-0.1, -0.05) is 48.7 Å². The molecule has 0 saturated heterocycles. The van der Waals surface area contributed by atoms with Crippen LogP contribution in [0, 0.1) is 5.92 Å². The first-order chi connectivity index (χ1) is 8.86. The molecule has 7 heteroatoms. The number of nitrogens with one attached hydrogen (secondary N) is 1. The predicted molar refractivity (Wildman–Crippen MR) is 77.1 cm³/mol. The van der Waals surface area contributed by atoms with Crippen molar-refractivity contribution >= 4 is 40.7 Å². The minimum absolute atomic E-state index is 0.00160. The van der Waals surface area contributed by atoms with Gasteiger partial charge < -0.3 is 10.4 Å². The molecule has 1 rings (SSSR count). The average Bonchev–Trinajstić information content (AvgIpc) is 2.34. The number of aliphatic hydroxyl groups is 1. The first kappa shape index (κ1) is 16.5. The van der Waals surface area contributed by atoms with E-state index >= 15 is 0 Å². The van der Waals surface area contributed by atoms with E-state index in [0.717, 1.165) is 0 Å². The smallest absolute Gasteiger partial charge is 0.271 e. The normalized spacial score (nSPS) is 12.6. The minimum atomic E-state index is -0.483. The van der Waals surface area contributed by atoms with Crippen LogP contribution >= 0.6 is 34.8 Å². The van der Waals surface area contributed by atoms with Crippen molar-refractivity contribution in [3.63, 3.8) is 0 Å². The lowest BCUT2D eigenvalue weighted by Crippen LogP contribution is -2.38. The van der Waals surface area contributed by atoms with Crippen molar-refractivity contribution in [3.05, 3.63) is 27.0 Å². The van der Waals surface area contributed by atoms with Gasteiger partial charge in [-0.15, -0.1) is 0 Å². The van der Waals surface area contributed by atoms with Crippen LogP contribution in [0.15, 0.2) is 6.20 Å². The zero-order chi connectivity index (χ0) is 14.6. The molecule has 1 amide bonds. The Morgan fingerprint density at radius 2 is 2.00 bits per heavy atom. The Hall–Kier alpha value is -0.550. The van der Waals surface area contributed by atoms with Gasteiger partial charge in [-0.3, -0.25) is 4.79 Å². The number of pyridine rings is 1. The first-order valence-electron chi connectivity index (χ1n) is 5.78. The topological polar surface area (TPSA) is 62.2 Å². The average molecular weight is 326 g/mol. The van der Waals surface area contributed by atoms with Crippen LogP contribution in [0.25, 0.3) is 0 Å². The van der Waals surface area contributed by atoms with E-state index in [9.17, 15) is 9.90 Å². The Labute approximate surface area is 127 Å². The second-order valence-electron chi connectivity index (χ2n) is 4.57. The maximum Gasteiger partial charge on any atom is 0.271 e. The molecular formula is C12H15Cl3N2O2. The molecule has 0 aromatic carbocycles. The highest BCUT2D eigenvalue weighted by molar-refractivity contribution is 6.48. The predicted octanol–water partition coefficient (Wildman–Crippen LogP) is 3.18. The highest BCUT2D eigenvalue weighted by Gasteiger charge is 2.20. The summed E-state index contributed by atoms with van der Waals surface area (Å²) in [6, 6.07) is -0.347. The lowest BCUT2D eigenvalue weighted by atomic mass is 10.0. The molecule has 0 saturated carbocycles. The van der Waals surface area contributed by atoms with Crippen LogP contribution in [0.5, 0.6) is 0 Å². The molecular weight excluding hydrogens is 311 g/mol. The molecule has 0 aliphatic heterocycles. The van der Waals surface area contributed by atoms with E-state index in [1.807, 2.05) is 13.8 Å². The molecule has 0 spiro atoms. The summed E-state index contributed by atoms with van der Waals surface area (Å²) in [6.07, 6.45) is 1.92. The van der Waals surface area contributed by atoms with Crippen LogP contribution in [0.3, 0.4) is 0 Å². The molecule has 1 unspecified atom stereocenters. The number of halogens is 3. The van der Waals surface area contributed by atoms with Crippen molar-refractivity contribution in [2.75, 3.05) is 6.61 Å². The van der Waals surface area contributed by atoms with Gasteiger partial charge in [0.1, 0.15) is 5.69 Å². The van der Waals surface area contributed by atoms with E-state index in [4.69, 9.17) is 34.8 Å². The van der Waals surface area contributed by atoms with Crippen molar-refractivity contribution in [1.82, 2.24) is 10.3 Å². The van der Waals surface area contributed by atoms with Gasteiger partial charge in [0, 0.05) is 6.20 Å². The highest BCUT2D eigenvalue weighted by atomic mass is 35.5. The van der Waals surface area contributed by atoms with Crippen LogP contribution in [-0.4, -0.2) is 28.6 Å². The number of carbonyl (C=O) groups excluding carboxylic acids is 1. The van der Waals surface area contributed by atoms with Crippen LogP contribution in [-0.2, 0) is 0 Å². The van der Waals surface area contributed by atoms with Gasteiger partial charge in [0.05, 0.1) is 27.7 Å². The summed E-state index contributed by atoms with van der Waals surface area (Å²) in [5.41, 5.74) is -0.00160. The summed E-state index contributed by atoms with van der Waals surface area (Å²) >= 11 is 17.5. The Morgan fingerprint density at radius 1 is 1.37 bits per heavy atom. The third-order valence-electron chi connectivity index (χ3n) is 2.44. The maximum atomic E-state index is 12.0. The third-order valence-corrected chi connectivity index (χ3v) is 3.68. The summed E-state index contributed by atoms with van der Waals surface area (Å²) in [5.74, 6) is -0.141. The van der Waals surface area contributed by atoms with Crippen molar-refractivity contribution in [3.8, 4) is 0 Å². The fourth-order valence-corrected chi connectivity index (χ4v) is 2.17. The van der Waals surface area contributed by atoms with E-state index in [0.29, 0.717) is 12.3 Å². The van der Waals surface area contributed by atoms with Gasteiger partial charge in [-0.05, 0) is 12.3 Å². The fraction of sp³-hybridized carbons (Fsp3) is 0.500. The van der Waals surface area contributed by atoms with Crippen molar-refractivity contribution in [1.29, 1.82) is 0 Å². The number of carbonyl (C=O) groups is 1. The lowest BCUT2D eigenvalue weighted by Gasteiger charge is -2.18. The molecule has 0 aliphatic carbocycles. The van der Waals surface area contributed by atoms with Crippen molar-refractivity contribution < 1.29 is 9.90 Å².